The number of esters is 6. The van der Waals surface area contributed by atoms with Crippen LogP contribution in [0.1, 0.15) is 83.0 Å². The number of fused-ring (bicyclic) bond motifs is 2. The maximum absolute atomic E-state index is 14.5. The summed E-state index contributed by atoms with van der Waals surface area (Å²) in [4.78, 5) is 135. The fourth-order valence-corrected chi connectivity index (χ4v) is 9.78. The number of benzene rings is 2. The lowest BCUT2D eigenvalue weighted by Crippen LogP contribution is -2.70. The summed E-state index contributed by atoms with van der Waals surface area (Å²) < 4.78 is 78.0. The Labute approximate surface area is 445 Å². The van der Waals surface area contributed by atoms with Crippen molar-refractivity contribution in [2.45, 2.75) is 134 Å². The van der Waals surface area contributed by atoms with Gasteiger partial charge in [-0.1, -0.05) is 36.4 Å². The molecule has 78 heavy (non-hydrogen) atoms. The fourth-order valence-electron chi connectivity index (χ4n) is 9.78. The van der Waals surface area contributed by atoms with Crippen LogP contribution in [0.15, 0.2) is 73.8 Å². The topological polar surface area (TPSA) is 317 Å². The largest absolute Gasteiger partial charge is 0.463 e. The normalized spacial score (nSPS) is 30.4. The first-order valence-corrected chi connectivity index (χ1v) is 24.4. The highest BCUT2D eigenvalue weighted by atomic mass is 16.8. The minimum Gasteiger partial charge on any atom is -0.463 e. The Morgan fingerprint density at radius 3 is 1.22 bits per heavy atom. The summed E-state index contributed by atoms with van der Waals surface area (Å²) in [6.45, 7) is 10.9. The van der Waals surface area contributed by atoms with Crippen LogP contribution in [0.2, 0.25) is 0 Å². The predicted octanol–water partition coefficient (Wildman–Crippen LogP) is 0.880. The quantitative estimate of drug-likeness (QED) is 0.0785. The third-order valence-electron chi connectivity index (χ3n) is 12.7. The average Bonchev–Trinajstić information content (AvgIpc) is 3.95. The summed E-state index contributed by atoms with van der Waals surface area (Å²) in [6.07, 6.45) is -19.8. The second-order valence-corrected chi connectivity index (χ2v) is 18.2. The Balaban J connectivity index is 1.37. The van der Waals surface area contributed by atoms with Gasteiger partial charge in [0.15, 0.2) is 43.3 Å². The van der Waals surface area contributed by atoms with Crippen molar-refractivity contribution in [1.82, 2.24) is 9.80 Å². The van der Waals surface area contributed by atoms with Crippen LogP contribution in [0.4, 0.5) is 0 Å². The number of carbonyl (C=O) groups is 10. The molecule has 1 N–H and O–H groups in total. The molecule has 0 bridgehead atoms. The van der Waals surface area contributed by atoms with Crippen molar-refractivity contribution in [2.24, 2.45) is 0 Å². The molecule has 26 nitrogen and oxygen atoms in total. The lowest BCUT2D eigenvalue weighted by atomic mass is 9.93. The first-order valence-electron chi connectivity index (χ1n) is 24.4. The number of aliphatic hydroxyl groups is 1. The summed E-state index contributed by atoms with van der Waals surface area (Å²) in [7, 11) is 0. The van der Waals surface area contributed by atoms with Gasteiger partial charge < -0.3 is 66.7 Å². The monoisotopic (exact) mass is 1090 g/mol. The zero-order valence-corrected chi connectivity index (χ0v) is 43.1. The zero-order valence-electron chi connectivity index (χ0n) is 43.1. The molecule has 0 aliphatic carbocycles. The Kier molecular flexibility index (Phi) is 19.0. The van der Waals surface area contributed by atoms with Crippen molar-refractivity contribution in [2.75, 3.05) is 33.0 Å². The molecule has 0 spiro atoms. The van der Waals surface area contributed by atoms with Crippen LogP contribution < -0.4 is 0 Å². The Hall–Kier alpha value is -7.30. The van der Waals surface area contributed by atoms with E-state index in [0.717, 1.165) is 41.5 Å². The molecule has 26 heteroatoms. The second-order valence-electron chi connectivity index (χ2n) is 18.2. The maximum Gasteiger partial charge on any atom is 0.303 e. The predicted molar refractivity (Wildman–Crippen MR) is 256 cm³/mol. The van der Waals surface area contributed by atoms with Crippen molar-refractivity contribution in [1.29, 1.82) is 0 Å². The molecule has 0 radical (unpaired) electrons. The average molecular weight is 1100 g/mol. The minimum absolute atomic E-state index is 0.0658. The number of aliphatic hydroxyl groups excluding tert-OH is 1. The zero-order chi connectivity index (χ0) is 56.7. The van der Waals surface area contributed by atoms with E-state index in [1.165, 1.54) is 60.7 Å². The Morgan fingerprint density at radius 2 is 0.833 bits per heavy atom. The van der Waals surface area contributed by atoms with Gasteiger partial charge in [-0.2, -0.15) is 0 Å². The molecular weight excluding hydrogens is 1040 g/mol. The third-order valence-corrected chi connectivity index (χ3v) is 12.7. The molecule has 3 saturated heterocycles. The first-order chi connectivity index (χ1) is 37.2. The summed E-state index contributed by atoms with van der Waals surface area (Å²) in [5.74, 6) is -9.19. The lowest BCUT2D eigenvalue weighted by Gasteiger charge is -2.51. The standard InChI is InChI=1S/C52H58N2O24/c1-9-19-66-44-41(78-52-38(54-48(63)32-17-13-14-18-33(32)49(54)64)43(74-29(8)60)40(72-27(6)58)36(77-52)22-69-25(4)56)34(75-50(65)45(44)67-20-10-2)23-70-51-37(53-46(61)30-15-11-12-16-31(30)47(53)62)42(73-28(7)59)39(71-26(5)57)35(76-51)21-68-24(3)55/h9-18,34-45,50-52,65H,1-2,19-23H2,3-8H3/t34-,35-,36-,37-,38-,39-,40-,41+,42-,43-,44+,45-,50-,51-,52+/m1/s1. The van der Waals surface area contributed by atoms with E-state index in [0.29, 0.717) is 9.80 Å². The first kappa shape index (κ1) is 58.4. The highest BCUT2D eigenvalue weighted by molar-refractivity contribution is 6.22. The number of hydrogen-bond acceptors (Lipinski definition) is 24. The summed E-state index contributed by atoms with van der Waals surface area (Å²) in [6, 6.07) is 7.77. The van der Waals surface area contributed by atoms with E-state index >= 15 is 0 Å². The van der Waals surface area contributed by atoms with E-state index in [-0.39, 0.29) is 35.5 Å². The molecule has 4 amide bonds. The van der Waals surface area contributed by atoms with Gasteiger partial charge >= 0.3 is 35.8 Å². The van der Waals surface area contributed by atoms with E-state index in [1.54, 1.807) is 0 Å². The molecular formula is C52H58N2O24. The Morgan fingerprint density at radius 1 is 0.474 bits per heavy atom. The van der Waals surface area contributed by atoms with Gasteiger partial charge in [-0.3, -0.25) is 57.7 Å². The lowest BCUT2D eigenvalue weighted by molar-refractivity contribution is -0.359. The molecule has 420 valence electrons. The number of rotatable bonds is 21. The van der Waals surface area contributed by atoms with Gasteiger partial charge in [0.05, 0.1) is 42.1 Å². The van der Waals surface area contributed by atoms with E-state index in [2.05, 4.69) is 13.2 Å². The second kappa shape index (κ2) is 25.4. The number of hydrogen-bond donors (Lipinski definition) is 1. The van der Waals surface area contributed by atoms with E-state index in [4.69, 9.17) is 61.6 Å². The number of imide groups is 2. The van der Waals surface area contributed by atoms with Gasteiger partial charge in [0, 0.05) is 41.5 Å². The number of carbonyl (C=O) groups excluding carboxylic acids is 10. The van der Waals surface area contributed by atoms with Crippen molar-refractivity contribution in [3.05, 3.63) is 96.1 Å². The van der Waals surface area contributed by atoms with Gasteiger partial charge in [0.2, 0.25) is 0 Å². The number of ether oxygens (including phenoxy) is 13. The molecule has 2 aromatic rings. The third kappa shape index (κ3) is 12.7. The maximum atomic E-state index is 14.5. The number of nitrogens with zero attached hydrogens (tertiary/aromatic N) is 2. The fraction of sp³-hybridized carbons (Fsp3) is 0.500. The highest BCUT2D eigenvalue weighted by Crippen LogP contribution is 2.40. The summed E-state index contributed by atoms with van der Waals surface area (Å²) >= 11 is 0. The molecule has 3 fully saturated rings. The van der Waals surface area contributed by atoms with Crippen LogP contribution in [0.25, 0.3) is 0 Å². The van der Waals surface area contributed by atoms with Gasteiger partial charge in [0.25, 0.3) is 23.6 Å². The SMILES string of the molecule is C=CCO[C@@H]1[C@@H](OCC=C)[C@H](O)O[C@H](CO[C@@H]2O[C@H](COC(C)=O)[C@@H](OC(C)=O)[C@H](OC(C)=O)[C@H]2N2C(=O)c3ccccc3C2=O)[C@@H]1O[C@@H]1O[C@H](COC(C)=O)[C@@H](OC(C)=O)[C@H](OC(C)=O)[C@H]1N1C(=O)c2ccccc2C1=O. The summed E-state index contributed by atoms with van der Waals surface area (Å²) in [5.41, 5.74) is -0.290. The van der Waals surface area contributed by atoms with E-state index < -0.39 is 171 Å². The molecule has 0 unspecified atom stereocenters. The van der Waals surface area contributed by atoms with Gasteiger partial charge in [0.1, 0.15) is 61.9 Å². The molecule has 7 rings (SSSR count). The smallest absolute Gasteiger partial charge is 0.303 e. The van der Waals surface area contributed by atoms with Crippen LogP contribution in [-0.4, -0.2) is 199 Å². The van der Waals surface area contributed by atoms with Crippen LogP contribution in [0, 0.1) is 0 Å². The van der Waals surface area contributed by atoms with Crippen molar-refractivity contribution in [3.8, 4) is 0 Å². The van der Waals surface area contributed by atoms with E-state index in [1.807, 2.05) is 0 Å². The van der Waals surface area contributed by atoms with Crippen LogP contribution in [0.5, 0.6) is 0 Å². The molecule has 0 saturated carbocycles. The highest BCUT2D eigenvalue weighted by Gasteiger charge is 2.61. The minimum atomic E-state index is -2.02. The Bertz CT molecular complexity index is 2610. The van der Waals surface area contributed by atoms with Crippen molar-refractivity contribution in [3.63, 3.8) is 0 Å². The van der Waals surface area contributed by atoms with Gasteiger partial charge in [-0.25, -0.2) is 0 Å². The van der Waals surface area contributed by atoms with Crippen molar-refractivity contribution >= 4 is 59.4 Å². The van der Waals surface area contributed by atoms with Crippen LogP contribution >= 0.6 is 0 Å². The molecule has 5 heterocycles. The van der Waals surface area contributed by atoms with Crippen molar-refractivity contribution < 1.29 is 115 Å². The molecule has 15 atom stereocenters. The molecule has 5 aliphatic heterocycles. The summed E-state index contributed by atoms with van der Waals surface area (Å²) in [5, 5.41) is 11.8. The van der Waals surface area contributed by atoms with Gasteiger partial charge in [-0.05, 0) is 24.3 Å². The molecule has 5 aliphatic rings. The van der Waals surface area contributed by atoms with Gasteiger partial charge in [-0.15, -0.1) is 13.2 Å². The molecule has 2 aromatic carbocycles. The van der Waals surface area contributed by atoms with Crippen LogP contribution in [0.3, 0.4) is 0 Å². The number of amides is 4. The van der Waals surface area contributed by atoms with Crippen LogP contribution in [-0.2, 0) is 90.3 Å². The molecule has 0 aromatic heterocycles. The van der Waals surface area contributed by atoms with E-state index in [9.17, 15) is 53.1 Å².